The van der Waals surface area contributed by atoms with Gasteiger partial charge in [0.15, 0.2) is 46.3 Å². The number of methoxy groups -OCH3 is 1. The number of aromatic carboxylic acids is 1. The molecule has 1 unspecified atom stereocenters. The number of ether oxygens (including phenoxy) is 7. The summed E-state index contributed by atoms with van der Waals surface area (Å²) in [6.07, 6.45) is 4.30. The van der Waals surface area contributed by atoms with Gasteiger partial charge in [0.05, 0.1) is 77.0 Å². The lowest BCUT2D eigenvalue weighted by atomic mass is 10.1. The molecule has 1 N–H and O–H groups in total. The van der Waals surface area contributed by atoms with Gasteiger partial charge in [-0.1, -0.05) is 38.1 Å². The molecule has 0 radical (unpaired) electrons. The second kappa shape index (κ2) is 28.3. The van der Waals surface area contributed by atoms with Crippen LogP contribution in [0.2, 0.25) is 10.0 Å². The molecule has 0 saturated carbocycles. The van der Waals surface area contributed by atoms with Crippen LogP contribution in [-0.2, 0) is 53.4 Å². The normalized spacial score (nSPS) is 14.1. The number of benzene rings is 6. The lowest BCUT2D eigenvalue weighted by molar-refractivity contribution is -0.0591. The van der Waals surface area contributed by atoms with Crippen LogP contribution in [0.5, 0.6) is 34.5 Å². The SMILES string of the molecule is C.C.COC(=O)c1ccc2nc(Cc3cc(F)c(Oc4ccnc(COc5ccc(Cl)cc5F)c4)cc3F)n(CC3CCO3)c2c1.O=C(O)c1ccc2nc(Cc3cc(F)c(Oc4ccnc(COc5ccc(Cl)cc5F)c4)cc3F)n(C[C@@H]3CCO3)c2c1. The molecule has 2 aliphatic rings. The molecular formula is C65H56Cl2F6N6O10. The second-order valence-corrected chi connectivity index (χ2v) is 20.9. The monoisotopic (exact) mass is 1260 g/mol. The zero-order chi connectivity index (χ0) is 60.9. The van der Waals surface area contributed by atoms with Crippen LogP contribution in [0.15, 0.2) is 134 Å². The number of carbonyl (C=O) groups excluding carboxylic acids is 1. The molecule has 16 nitrogen and oxygen atoms in total. The van der Waals surface area contributed by atoms with E-state index in [9.17, 15) is 23.5 Å². The Morgan fingerprint density at radius 1 is 0.551 bits per heavy atom. The molecule has 2 atom stereocenters. The molecule has 10 aromatic rings. The number of fused-ring (bicyclic) bond motifs is 2. The number of hydrogen-bond donors (Lipinski definition) is 1. The Morgan fingerprint density at radius 3 is 1.38 bits per heavy atom. The van der Waals surface area contributed by atoms with Gasteiger partial charge in [-0.3, -0.25) is 9.97 Å². The van der Waals surface area contributed by atoms with Gasteiger partial charge in [0, 0.05) is 72.8 Å². The number of halogens is 8. The van der Waals surface area contributed by atoms with Crippen molar-refractivity contribution >= 4 is 57.2 Å². The zero-order valence-corrected chi connectivity index (χ0v) is 47.3. The fraction of sp³-hybridized carbons (Fsp3) is 0.231. The molecule has 12 rings (SSSR count). The standard InChI is InChI=1S/C32H25ClF3N3O5.C31H23ClF3N3O5.2CH4/c1-41-32(40)18-2-4-27-28(11-18)39(16-23-7-9-42-23)31(38-27)12-19-10-25(35)30(15-24(19)34)44-22-6-8-37-21(14-22)17-43-29-5-3-20(33)13-26(29)36;32-19-2-4-28(25(35)12-19)42-16-20-13-21(5-7-36-20)43-29-14-23(33)18(9-24(29)34)11-30-37-26-3-1-17(31(39)40)10-27(26)38(30)15-22-6-8-41-22;;/h2-6,8,10-11,13-15,23H,7,9,12,16-17H2,1H3;1-5,7,9-10,12-14,22H,6,8,11,15-16H2,(H,39,40);2*1H4/t;22-;;/m.0../s1. The summed E-state index contributed by atoms with van der Waals surface area (Å²) in [6, 6.07) is 27.5. The number of carboxylic acid groups (broad SMARTS) is 1. The number of carbonyl (C=O) groups is 2. The molecule has 0 bridgehead atoms. The van der Waals surface area contributed by atoms with Crippen molar-refractivity contribution in [3.8, 4) is 34.5 Å². The van der Waals surface area contributed by atoms with Gasteiger partial charge < -0.3 is 47.4 Å². The first-order valence-electron chi connectivity index (χ1n) is 26.9. The summed E-state index contributed by atoms with van der Waals surface area (Å²) in [5, 5.41) is 9.90. The lowest BCUT2D eigenvalue weighted by Crippen LogP contribution is -2.31. The number of pyridine rings is 2. The van der Waals surface area contributed by atoms with Gasteiger partial charge >= 0.3 is 11.9 Å². The highest BCUT2D eigenvalue weighted by Gasteiger charge is 2.26. The molecule has 0 amide bonds. The summed E-state index contributed by atoms with van der Waals surface area (Å²) < 4.78 is 131. The number of nitrogens with zero attached hydrogens (tertiary/aromatic N) is 6. The first-order chi connectivity index (χ1) is 42.0. The number of aromatic nitrogens is 6. The average molecular weight is 1270 g/mol. The Bertz CT molecular complexity index is 4240. The Balaban J connectivity index is 0.000000207. The largest absolute Gasteiger partial charge is 0.484 e. The van der Waals surface area contributed by atoms with E-state index in [1.165, 1.54) is 80.2 Å². The first kappa shape index (κ1) is 64.3. The van der Waals surface area contributed by atoms with Gasteiger partial charge in [0.25, 0.3) is 0 Å². The van der Waals surface area contributed by atoms with Crippen LogP contribution in [0.3, 0.4) is 0 Å². The van der Waals surface area contributed by atoms with Gasteiger partial charge in [0.1, 0.15) is 48.0 Å². The highest BCUT2D eigenvalue weighted by Crippen LogP contribution is 2.34. The van der Waals surface area contributed by atoms with Crippen molar-refractivity contribution in [1.29, 1.82) is 0 Å². The molecule has 6 heterocycles. The van der Waals surface area contributed by atoms with Crippen molar-refractivity contribution in [3.05, 3.63) is 224 Å². The third-order valence-electron chi connectivity index (χ3n) is 14.2. The number of imidazole rings is 2. The summed E-state index contributed by atoms with van der Waals surface area (Å²) in [4.78, 5) is 41.2. The lowest BCUT2D eigenvalue weighted by Gasteiger charge is -2.27. The van der Waals surface area contributed by atoms with E-state index in [4.69, 9.17) is 56.4 Å². The van der Waals surface area contributed by atoms with E-state index < -0.39 is 46.8 Å². The fourth-order valence-electron chi connectivity index (χ4n) is 9.51. The van der Waals surface area contributed by atoms with Crippen molar-refractivity contribution in [1.82, 2.24) is 29.1 Å². The van der Waals surface area contributed by atoms with E-state index in [0.29, 0.717) is 77.0 Å². The Morgan fingerprint density at radius 2 is 0.978 bits per heavy atom. The molecule has 2 saturated heterocycles. The smallest absolute Gasteiger partial charge is 0.337 e. The van der Waals surface area contributed by atoms with Crippen LogP contribution in [0.4, 0.5) is 26.3 Å². The Kier molecular flexibility index (Phi) is 20.4. The number of hydrogen-bond acceptors (Lipinski definition) is 13. The van der Waals surface area contributed by atoms with E-state index in [0.717, 1.165) is 49.2 Å². The van der Waals surface area contributed by atoms with Crippen LogP contribution in [0.25, 0.3) is 22.1 Å². The van der Waals surface area contributed by atoms with E-state index in [2.05, 4.69) is 19.9 Å². The van der Waals surface area contributed by atoms with Crippen LogP contribution >= 0.6 is 23.2 Å². The van der Waals surface area contributed by atoms with Gasteiger partial charge in [-0.05, 0) is 121 Å². The van der Waals surface area contributed by atoms with E-state index in [1.807, 2.05) is 4.57 Å². The summed E-state index contributed by atoms with van der Waals surface area (Å²) >= 11 is 11.5. The second-order valence-electron chi connectivity index (χ2n) is 20.0. The summed E-state index contributed by atoms with van der Waals surface area (Å²) in [5.41, 5.74) is 3.67. The third kappa shape index (κ3) is 15.2. The van der Waals surface area contributed by atoms with E-state index >= 15 is 17.6 Å². The van der Waals surface area contributed by atoms with Crippen molar-refractivity contribution < 1.29 is 74.2 Å². The molecule has 0 aliphatic carbocycles. The van der Waals surface area contributed by atoms with Crippen molar-refractivity contribution in [2.24, 2.45) is 0 Å². The average Bonchev–Trinajstić information content (AvgIpc) is 2.28. The summed E-state index contributed by atoms with van der Waals surface area (Å²) in [5.74, 6) is -5.21. The molecule has 4 aromatic heterocycles. The van der Waals surface area contributed by atoms with Crippen LogP contribution < -0.4 is 18.9 Å². The molecular weight excluding hydrogens is 1210 g/mol. The minimum Gasteiger partial charge on any atom is -0.484 e. The van der Waals surface area contributed by atoms with Crippen LogP contribution in [0.1, 0.15) is 82.6 Å². The van der Waals surface area contributed by atoms with Crippen molar-refractivity contribution in [2.45, 2.75) is 79.0 Å². The summed E-state index contributed by atoms with van der Waals surface area (Å²) in [7, 11) is 1.30. The summed E-state index contributed by atoms with van der Waals surface area (Å²) in [6.45, 7) is 1.92. The molecule has 0 spiro atoms. The fourth-order valence-corrected chi connectivity index (χ4v) is 9.83. The highest BCUT2D eigenvalue weighted by molar-refractivity contribution is 6.30. The van der Waals surface area contributed by atoms with E-state index in [1.54, 1.807) is 28.8 Å². The quantitative estimate of drug-likeness (QED) is 0.0562. The van der Waals surface area contributed by atoms with Gasteiger partial charge in [0.2, 0.25) is 0 Å². The first-order valence-corrected chi connectivity index (χ1v) is 27.7. The number of esters is 1. The number of rotatable bonds is 20. The highest BCUT2D eigenvalue weighted by atomic mass is 35.5. The van der Waals surface area contributed by atoms with Gasteiger partial charge in [-0.15, -0.1) is 0 Å². The molecule has 2 aliphatic heterocycles. The molecule has 89 heavy (non-hydrogen) atoms. The van der Waals surface area contributed by atoms with E-state index in [-0.39, 0.29) is 114 Å². The minimum absolute atomic E-state index is 0. The molecule has 24 heteroatoms. The third-order valence-corrected chi connectivity index (χ3v) is 14.6. The Hall–Kier alpha value is -9.22. The molecule has 2 fully saturated rings. The predicted octanol–water partition coefficient (Wildman–Crippen LogP) is 15.3. The maximum absolute atomic E-state index is 15.4. The number of carboxylic acids is 1. The predicted molar refractivity (Wildman–Crippen MR) is 318 cm³/mol. The van der Waals surface area contributed by atoms with Gasteiger partial charge in [-0.25, -0.2) is 45.9 Å². The van der Waals surface area contributed by atoms with Gasteiger partial charge in [-0.2, -0.15) is 0 Å². The molecule has 462 valence electrons. The maximum atomic E-state index is 15.4. The van der Waals surface area contributed by atoms with Crippen molar-refractivity contribution in [2.75, 3.05) is 20.3 Å². The zero-order valence-electron chi connectivity index (χ0n) is 45.8. The van der Waals surface area contributed by atoms with Crippen LogP contribution in [0, 0.1) is 34.9 Å². The Labute approximate surface area is 516 Å². The van der Waals surface area contributed by atoms with Crippen molar-refractivity contribution in [3.63, 3.8) is 0 Å². The molecule has 6 aromatic carbocycles. The minimum atomic E-state index is -1.08. The van der Waals surface area contributed by atoms with Crippen LogP contribution in [-0.4, -0.2) is 78.6 Å². The topological polar surface area (TPSA) is 180 Å². The maximum Gasteiger partial charge on any atom is 0.337 e.